The molecule has 0 bridgehead atoms. The molecule has 43 heavy (non-hydrogen) atoms. The number of nitrogens with one attached hydrogen (secondary N) is 2. The first-order chi connectivity index (χ1) is 20.4. The number of anilines is 1. The summed E-state index contributed by atoms with van der Waals surface area (Å²) in [6.45, 7) is 14.4. The van der Waals surface area contributed by atoms with Gasteiger partial charge >= 0.3 is 18.0 Å². The Hall–Kier alpha value is -4.34. The van der Waals surface area contributed by atoms with Gasteiger partial charge in [-0.1, -0.05) is 12.1 Å². The van der Waals surface area contributed by atoms with Crippen molar-refractivity contribution in [3.05, 3.63) is 58.2 Å². The van der Waals surface area contributed by atoms with Crippen LogP contribution in [0.1, 0.15) is 76.3 Å². The third kappa shape index (κ3) is 7.55. The van der Waals surface area contributed by atoms with Crippen LogP contribution in [-0.2, 0) is 31.9 Å². The number of benzene rings is 2. The molecule has 2 amide bonds. The van der Waals surface area contributed by atoms with Crippen LogP contribution in [0.25, 0.3) is 6.08 Å². The van der Waals surface area contributed by atoms with Crippen molar-refractivity contribution in [3.8, 4) is 11.5 Å². The molecule has 0 atom stereocenters. The molecule has 0 saturated carbocycles. The number of nitrogens with zero attached hydrogens (tertiary/aromatic N) is 1. The zero-order valence-corrected chi connectivity index (χ0v) is 26.0. The van der Waals surface area contributed by atoms with E-state index in [0.29, 0.717) is 24.3 Å². The minimum Gasteiger partial charge on any atom is -0.490 e. The highest BCUT2D eigenvalue weighted by atomic mass is 16.5. The van der Waals surface area contributed by atoms with E-state index >= 15 is 0 Å². The molecule has 0 fully saturated rings. The third-order valence-corrected chi connectivity index (χ3v) is 6.94. The summed E-state index contributed by atoms with van der Waals surface area (Å²) in [5, 5.41) is 5.33. The molecule has 10 heteroatoms. The second-order valence-electron chi connectivity index (χ2n) is 11.6. The minimum absolute atomic E-state index is 0.213. The standard InChI is InChI=1S/C33H41N3O7/c1-8-40-25-16-22-17-32(4,5)36-29(28(22)23-18-33(6,7)43-30(23)25)21-12-11-20(13-14-26(37)41-9-2)24(15-21)35-31(39)34-19-27(38)42-10-3/h11-16H,8-10,17-19H2,1-7H3,(H2,34,35,39). The number of ether oxygens (including phenoxy) is 4. The van der Waals surface area contributed by atoms with Gasteiger partial charge in [-0.2, -0.15) is 0 Å². The maximum atomic E-state index is 12.8. The molecule has 2 N–H and O–H groups in total. The zero-order chi connectivity index (χ0) is 31.4. The van der Waals surface area contributed by atoms with E-state index in [9.17, 15) is 14.4 Å². The molecule has 2 aromatic carbocycles. The van der Waals surface area contributed by atoms with E-state index in [1.807, 2.05) is 25.1 Å². The molecule has 0 radical (unpaired) electrons. The van der Waals surface area contributed by atoms with E-state index in [4.69, 9.17) is 23.9 Å². The van der Waals surface area contributed by atoms with Gasteiger partial charge in [0, 0.05) is 29.2 Å². The Morgan fingerprint density at radius 1 is 1.00 bits per heavy atom. The van der Waals surface area contributed by atoms with E-state index in [0.717, 1.165) is 45.9 Å². The summed E-state index contributed by atoms with van der Waals surface area (Å²) in [4.78, 5) is 41.8. The average molecular weight is 592 g/mol. The van der Waals surface area contributed by atoms with Gasteiger partial charge in [0.15, 0.2) is 11.5 Å². The first kappa shape index (κ1) is 31.6. The Kier molecular flexibility index (Phi) is 9.47. The average Bonchev–Trinajstić information content (AvgIpc) is 3.26. The van der Waals surface area contributed by atoms with Gasteiger partial charge < -0.3 is 29.6 Å². The lowest BCUT2D eigenvalue weighted by Crippen LogP contribution is -2.34. The van der Waals surface area contributed by atoms with Crippen molar-refractivity contribution in [1.29, 1.82) is 0 Å². The van der Waals surface area contributed by atoms with Crippen LogP contribution in [-0.4, -0.2) is 61.2 Å². The maximum absolute atomic E-state index is 12.8. The molecule has 2 heterocycles. The Balaban J connectivity index is 1.80. The molecule has 0 aliphatic carbocycles. The first-order valence-electron chi connectivity index (χ1n) is 14.7. The van der Waals surface area contributed by atoms with Gasteiger partial charge in [0.1, 0.15) is 12.1 Å². The Bertz CT molecular complexity index is 1470. The number of carbonyl (C=O) groups excluding carboxylic acids is 3. The molecule has 2 aliphatic heterocycles. The van der Waals surface area contributed by atoms with Crippen LogP contribution < -0.4 is 20.1 Å². The molecular weight excluding hydrogens is 550 g/mol. The number of esters is 2. The molecule has 0 aromatic heterocycles. The fourth-order valence-electron chi connectivity index (χ4n) is 5.38. The number of fused-ring (bicyclic) bond motifs is 3. The number of hydrogen-bond donors (Lipinski definition) is 2. The highest BCUT2D eigenvalue weighted by Crippen LogP contribution is 2.48. The van der Waals surface area contributed by atoms with E-state index in [1.54, 1.807) is 19.9 Å². The van der Waals surface area contributed by atoms with E-state index in [2.05, 4.69) is 44.4 Å². The van der Waals surface area contributed by atoms with E-state index < -0.39 is 29.1 Å². The fourth-order valence-corrected chi connectivity index (χ4v) is 5.38. The van der Waals surface area contributed by atoms with Gasteiger partial charge in [0.2, 0.25) is 0 Å². The molecule has 230 valence electrons. The lowest BCUT2D eigenvalue weighted by Gasteiger charge is -2.31. The number of carbonyl (C=O) groups is 3. The largest absolute Gasteiger partial charge is 0.490 e. The van der Waals surface area contributed by atoms with Crippen molar-refractivity contribution in [2.75, 3.05) is 31.7 Å². The molecule has 0 saturated heterocycles. The van der Waals surface area contributed by atoms with Crippen molar-refractivity contribution < 1.29 is 33.3 Å². The Morgan fingerprint density at radius 2 is 1.74 bits per heavy atom. The number of urea groups is 1. The van der Waals surface area contributed by atoms with Crippen LogP contribution in [0.3, 0.4) is 0 Å². The summed E-state index contributed by atoms with van der Waals surface area (Å²) in [6, 6.07) is 7.02. The SMILES string of the molecule is CCOC(=O)C=Cc1ccc(C2=NC(C)(C)Cc3cc(OCC)c4c(c32)CC(C)(C)O4)cc1NC(=O)NCC(=O)OCC. The van der Waals surface area contributed by atoms with Crippen LogP contribution in [0.4, 0.5) is 10.5 Å². The Morgan fingerprint density at radius 3 is 2.44 bits per heavy atom. The van der Waals surface area contributed by atoms with Crippen molar-refractivity contribution in [2.45, 2.75) is 72.4 Å². The van der Waals surface area contributed by atoms with Gasteiger partial charge in [-0.15, -0.1) is 0 Å². The highest BCUT2D eigenvalue weighted by Gasteiger charge is 2.39. The molecular formula is C33H41N3O7. The minimum atomic E-state index is -0.598. The van der Waals surface area contributed by atoms with Crippen molar-refractivity contribution in [3.63, 3.8) is 0 Å². The molecule has 10 nitrogen and oxygen atoms in total. The van der Waals surface area contributed by atoms with Crippen LogP contribution in [0.2, 0.25) is 0 Å². The lowest BCUT2D eigenvalue weighted by atomic mass is 9.80. The smallest absolute Gasteiger partial charge is 0.330 e. The summed E-state index contributed by atoms with van der Waals surface area (Å²) < 4.78 is 22.3. The first-order valence-corrected chi connectivity index (χ1v) is 14.7. The molecule has 0 unspecified atom stereocenters. The number of amides is 2. The highest BCUT2D eigenvalue weighted by molar-refractivity contribution is 6.17. The number of aliphatic imine (C=N–C) groups is 1. The van der Waals surface area contributed by atoms with Crippen LogP contribution >= 0.6 is 0 Å². The molecule has 2 aromatic rings. The van der Waals surface area contributed by atoms with Gasteiger partial charge in [-0.3, -0.25) is 9.79 Å². The lowest BCUT2D eigenvalue weighted by molar-refractivity contribution is -0.141. The van der Waals surface area contributed by atoms with Crippen molar-refractivity contribution in [1.82, 2.24) is 5.32 Å². The quantitative estimate of drug-likeness (QED) is 0.286. The molecule has 0 spiro atoms. The number of hydrogen-bond acceptors (Lipinski definition) is 8. The summed E-state index contributed by atoms with van der Waals surface area (Å²) in [7, 11) is 0. The monoisotopic (exact) mass is 591 g/mol. The van der Waals surface area contributed by atoms with Crippen LogP contribution in [0, 0.1) is 0 Å². The van der Waals surface area contributed by atoms with Gasteiger partial charge in [0.05, 0.1) is 36.8 Å². The fraction of sp³-hybridized carbons (Fsp3) is 0.455. The predicted octanol–water partition coefficient (Wildman–Crippen LogP) is 5.23. The Labute approximate surface area is 252 Å². The van der Waals surface area contributed by atoms with Gasteiger partial charge in [-0.25, -0.2) is 9.59 Å². The third-order valence-electron chi connectivity index (χ3n) is 6.94. The molecule has 2 aliphatic rings. The topological polar surface area (TPSA) is 125 Å². The predicted molar refractivity (Wildman–Crippen MR) is 165 cm³/mol. The summed E-state index contributed by atoms with van der Waals surface area (Å²) in [5.41, 5.74) is 4.92. The number of rotatable bonds is 10. The van der Waals surface area contributed by atoms with E-state index in [-0.39, 0.29) is 19.8 Å². The second kappa shape index (κ2) is 12.9. The van der Waals surface area contributed by atoms with Gasteiger partial charge in [-0.05, 0) is 84.2 Å². The molecule has 4 rings (SSSR count). The van der Waals surface area contributed by atoms with Crippen molar-refractivity contribution in [2.24, 2.45) is 4.99 Å². The van der Waals surface area contributed by atoms with Crippen LogP contribution in [0.5, 0.6) is 11.5 Å². The summed E-state index contributed by atoms with van der Waals surface area (Å²) in [5.74, 6) is 0.428. The van der Waals surface area contributed by atoms with Gasteiger partial charge in [0.25, 0.3) is 0 Å². The summed E-state index contributed by atoms with van der Waals surface area (Å²) in [6.07, 6.45) is 4.29. The van der Waals surface area contributed by atoms with Crippen molar-refractivity contribution >= 4 is 35.4 Å². The van der Waals surface area contributed by atoms with E-state index in [1.165, 1.54) is 6.08 Å². The zero-order valence-electron chi connectivity index (χ0n) is 26.0. The normalized spacial score (nSPS) is 15.9. The van der Waals surface area contributed by atoms with Crippen LogP contribution in [0.15, 0.2) is 35.3 Å². The second-order valence-corrected chi connectivity index (χ2v) is 11.6. The maximum Gasteiger partial charge on any atom is 0.330 e. The summed E-state index contributed by atoms with van der Waals surface area (Å²) >= 11 is 0.